The molecule has 0 N–H and O–H groups in total. The van der Waals surface area contributed by atoms with Crippen LogP contribution in [-0.4, -0.2) is 29.4 Å². The fourth-order valence-electron chi connectivity index (χ4n) is 2.93. The highest BCUT2D eigenvalue weighted by molar-refractivity contribution is 7.89. The molecule has 1 aromatic carbocycles. The Morgan fingerprint density at radius 2 is 2.09 bits per heavy atom. The number of aromatic nitrogens is 2. The van der Waals surface area contributed by atoms with Crippen molar-refractivity contribution >= 4 is 21.6 Å². The van der Waals surface area contributed by atoms with Crippen LogP contribution in [0.1, 0.15) is 49.4 Å². The van der Waals surface area contributed by atoms with E-state index in [0.29, 0.717) is 35.6 Å². The van der Waals surface area contributed by atoms with Gasteiger partial charge < -0.3 is 4.52 Å². The van der Waals surface area contributed by atoms with Gasteiger partial charge in [-0.25, -0.2) is 8.42 Å². The molecule has 0 radical (unpaired) electrons. The molecule has 8 heteroatoms. The second-order valence-corrected chi connectivity index (χ2v) is 8.32. The normalized spacial score (nSPS) is 22.6. The number of rotatable bonds is 4. The van der Waals surface area contributed by atoms with E-state index in [2.05, 4.69) is 10.1 Å². The van der Waals surface area contributed by atoms with Gasteiger partial charge in [0.25, 0.3) is 0 Å². The predicted molar refractivity (Wildman–Crippen MR) is 83.6 cm³/mol. The highest BCUT2D eigenvalue weighted by atomic mass is 35.5. The number of sulfonamides is 1. The van der Waals surface area contributed by atoms with Crippen LogP contribution in [0.2, 0.25) is 5.02 Å². The summed E-state index contributed by atoms with van der Waals surface area (Å²) < 4.78 is 32.6. The molecule has 23 heavy (non-hydrogen) atoms. The lowest BCUT2D eigenvalue weighted by Gasteiger charge is -2.21. The van der Waals surface area contributed by atoms with Gasteiger partial charge in [0.2, 0.25) is 15.9 Å². The zero-order valence-corrected chi connectivity index (χ0v) is 13.9. The Hall–Kier alpha value is -1.44. The fourth-order valence-corrected chi connectivity index (χ4v) is 4.88. The molecule has 2 aromatic rings. The standard InChI is InChI=1S/C15H16ClN3O3S/c16-11-3-1-4-12(9-11)23(20,21)19-8-2-5-13(19)15-17-14(18-22-15)10-6-7-10/h1,3-4,9-10,13H,2,5-8H2. The molecule has 122 valence electrons. The number of benzene rings is 1. The summed E-state index contributed by atoms with van der Waals surface area (Å²) in [6.07, 6.45) is 3.61. The van der Waals surface area contributed by atoms with Crippen LogP contribution in [0, 0.1) is 0 Å². The molecule has 1 unspecified atom stereocenters. The van der Waals surface area contributed by atoms with Crippen LogP contribution >= 0.6 is 11.6 Å². The molecule has 2 aliphatic rings. The maximum Gasteiger partial charge on any atom is 0.245 e. The maximum absolute atomic E-state index is 12.9. The van der Waals surface area contributed by atoms with Gasteiger partial charge in [-0.15, -0.1) is 0 Å². The first-order valence-electron chi connectivity index (χ1n) is 7.66. The SMILES string of the molecule is O=S(=O)(c1cccc(Cl)c1)N1CCCC1c1nc(C2CC2)no1. The van der Waals surface area contributed by atoms with Crippen LogP contribution < -0.4 is 0 Å². The Labute approximate surface area is 139 Å². The van der Waals surface area contributed by atoms with E-state index in [1.165, 1.54) is 10.4 Å². The average molecular weight is 354 g/mol. The van der Waals surface area contributed by atoms with Gasteiger partial charge in [0.15, 0.2) is 5.82 Å². The van der Waals surface area contributed by atoms with Gasteiger partial charge in [-0.05, 0) is 43.9 Å². The van der Waals surface area contributed by atoms with Crippen molar-refractivity contribution in [2.45, 2.75) is 42.5 Å². The predicted octanol–water partition coefficient (Wildman–Crippen LogP) is 3.13. The van der Waals surface area contributed by atoms with Gasteiger partial charge in [-0.2, -0.15) is 9.29 Å². The largest absolute Gasteiger partial charge is 0.338 e. The minimum absolute atomic E-state index is 0.193. The summed E-state index contributed by atoms with van der Waals surface area (Å²) >= 11 is 5.93. The smallest absolute Gasteiger partial charge is 0.245 e. The summed E-state index contributed by atoms with van der Waals surface area (Å²) in [5.74, 6) is 1.48. The van der Waals surface area contributed by atoms with E-state index in [1.54, 1.807) is 18.2 Å². The number of hydrogen-bond acceptors (Lipinski definition) is 5. The summed E-state index contributed by atoms with van der Waals surface area (Å²) in [4.78, 5) is 4.61. The minimum Gasteiger partial charge on any atom is -0.338 e. The number of halogens is 1. The second-order valence-electron chi connectivity index (χ2n) is 6.00. The average Bonchev–Trinajstić information content (AvgIpc) is 3.07. The van der Waals surface area contributed by atoms with Crippen molar-refractivity contribution in [2.24, 2.45) is 0 Å². The molecule has 1 aromatic heterocycles. The molecule has 0 spiro atoms. The van der Waals surface area contributed by atoms with Crippen LogP contribution in [0.25, 0.3) is 0 Å². The first-order chi connectivity index (χ1) is 11.1. The molecule has 0 bridgehead atoms. The zero-order chi connectivity index (χ0) is 16.0. The summed E-state index contributed by atoms with van der Waals surface area (Å²) in [7, 11) is -3.63. The first-order valence-corrected chi connectivity index (χ1v) is 9.48. The molecule has 1 saturated carbocycles. The third-order valence-corrected chi connectivity index (χ3v) is 6.43. The van der Waals surface area contributed by atoms with Crippen molar-refractivity contribution < 1.29 is 12.9 Å². The van der Waals surface area contributed by atoms with Crippen LogP contribution in [0.5, 0.6) is 0 Å². The van der Waals surface area contributed by atoms with Crippen molar-refractivity contribution in [3.05, 3.63) is 41.0 Å². The monoisotopic (exact) mass is 353 g/mol. The van der Waals surface area contributed by atoms with Gasteiger partial charge in [-0.1, -0.05) is 22.8 Å². The van der Waals surface area contributed by atoms with Crippen molar-refractivity contribution in [3.8, 4) is 0 Å². The lowest BCUT2D eigenvalue weighted by Crippen LogP contribution is -2.30. The molecule has 1 aliphatic carbocycles. The highest BCUT2D eigenvalue weighted by Crippen LogP contribution is 2.40. The van der Waals surface area contributed by atoms with Gasteiger partial charge in [-0.3, -0.25) is 0 Å². The molecular formula is C15H16ClN3O3S. The third kappa shape index (κ3) is 2.77. The first kappa shape index (κ1) is 15.1. The van der Waals surface area contributed by atoms with E-state index >= 15 is 0 Å². The van der Waals surface area contributed by atoms with Gasteiger partial charge in [0.1, 0.15) is 6.04 Å². The van der Waals surface area contributed by atoms with Crippen LogP contribution in [0.4, 0.5) is 0 Å². The van der Waals surface area contributed by atoms with Crippen molar-refractivity contribution in [1.82, 2.24) is 14.4 Å². The lowest BCUT2D eigenvalue weighted by molar-refractivity contribution is 0.289. The van der Waals surface area contributed by atoms with Crippen molar-refractivity contribution in [1.29, 1.82) is 0 Å². The Morgan fingerprint density at radius 1 is 1.26 bits per heavy atom. The molecule has 2 heterocycles. The summed E-state index contributed by atoms with van der Waals surface area (Å²) in [6.45, 7) is 0.445. The minimum atomic E-state index is -3.63. The molecule has 0 amide bonds. The van der Waals surface area contributed by atoms with E-state index in [-0.39, 0.29) is 10.9 Å². The van der Waals surface area contributed by atoms with E-state index in [9.17, 15) is 8.42 Å². The van der Waals surface area contributed by atoms with Crippen molar-refractivity contribution in [3.63, 3.8) is 0 Å². The Balaban J connectivity index is 1.66. The molecule has 6 nitrogen and oxygen atoms in total. The highest BCUT2D eigenvalue weighted by Gasteiger charge is 2.40. The molecular weight excluding hydrogens is 338 g/mol. The second kappa shape index (κ2) is 5.58. The Bertz CT molecular complexity index is 832. The topological polar surface area (TPSA) is 76.3 Å². The molecule has 1 saturated heterocycles. The van der Waals surface area contributed by atoms with Gasteiger partial charge >= 0.3 is 0 Å². The van der Waals surface area contributed by atoms with E-state index in [0.717, 1.165) is 19.3 Å². The maximum atomic E-state index is 12.9. The molecule has 1 aliphatic heterocycles. The lowest BCUT2D eigenvalue weighted by atomic mass is 10.2. The summed E-state index contributed by atoms with van der Waals surface area (Å²) in [5.41, 5.74) is 0. The van der Waals surface area contributed by atoms with E-state index in [4.69, 9.17) is 16.1 Å². The summed E-state index contributed by atoms with van der Waals surface area (Å²) in [5, 5.41) is 4.40. The van der Waals surface area contributed by atoms with Crippen LogP contribution in [-0.2, 0) is 10.0 Å². The van der Waals surface area contributed by atoms with E-state index < -0.39 is 10.0 Å². The number of nitrogens with zero attached hydrogens (tertiary/aromatic N) is 3. The van der Waals surface area contributed by atoms with Gasteiger partial charge in [0, 0.05) is 17.5 Å². The summed E-state index contributed by atoms with van der Waals surface area (Å²) in [6, 6.07) is 5.93. The fraction of sp³-hybridized carbons (Fsp3) is 0.467. The Morgan fingerprint density at radius 3 is 2.83 bits per heavy atom. The van der Waals surface area contributed by atoms with E-state index in [1.807, 2.05) is 0 Å². The third-order valence-electron chi connectivity index (χ3n) is 4.29. The van der Waals surface area contributed by atoms with Crippen LogP contribution in [0.15, 0.2) is 33.7 Å². The molecule has 2 fully saturated rings. The molecule has 1 atom stereocenters. The Kier molecular flexibility index (Phi) is 3.66. The zero-order valence-electron chi connectivity index (χ0n) is 12.4. The van der Waals surface area contributed by atoms with Crippen molar-refractivity contribution in [2.75, 3.05) is 6.54 Å². The van der Waals surface area contributed by atoms with Crippen LogP contribution in [0.3, 0.4) is 0 Å². The quantitative estimate of drug-likeness (QED) is 0.844. The number of hydrogen-bond donors (Lipinski definition) is 0. The van der Waals surface area contributed by atoms with Gasteiger partial charge in [0.05, 0.1) is 4.90 Å². The molecule has 4 rings (SSSR count).